The first kappa shape index (κ1) is 10.8. The van der Waals surface area contributed by atoms with Crippen LogP contribution in [0.2, 0.25) is 0 Å². The van der Waals surface area contributed by atoms with Crippen LogP contribution in [0.4, 0.5) is 0 Å². The van der Waals surface area contributed by atoms with Gasteiger partial charge >= 0.3 is 5.97 Å². The number of carbonyl (C=O) groups is 1. The molecule has 4 heteroatoms. The normalized spacial score (nSPS) is 18.3. The molecule has 0 saturated heterocycles. The van der Waals surface area contributed by atoms with Crippen LogP contribution in [-0.4, -0.2) is 30.6 Å². The summed E-state index contributed by atoms with van der Waals surface area (Å²) >= 11 is 0. The lowest BCUT2D eigenvalue weighted by molar-refractivity contribution is -0.137. The van der Waals surface area contributed by atoms with Crippen LogP contribution in [0.1, 0.15) is 20.3 Å². The van der Waals surface area contributed by atoms with Crippen molar-refractivity contribution in [3.63, 3.8) is 0 Å². The van der Waals surface area contributed by atoms with Gasteiger partial charge in [-0.3, -0.25) is 0 Å². The molecule has 0 fully saturated rings. The van der Waals surface area contributed by atoms with Gasteiger partial charge in [-0.15, -0.1) is 0 Å². The number of esters is 1. The van der Waals surface area contributed by atoms with Crippen molar-refractivity contribution in [3.8, 4) is 0 Å². The van der Waals surface area contributed by atoms with Crippen molar-refractivity contribution in [2.24, 2.45) is 4.99 Å². The molecule has 0 aromatic heterocycles. The largest absolute Gasteiger partial charge is 0.478 e. The summed E-state index contributed by atoms with van der Waals surface area (Å²) in [5.74, 6) is 0.245. The second-order valence-electron chi connectivity index (χ2n) is 3.73. The van der Waals surface area contributed by atoms with E-state index in [1.165, 1.54) is 0 Å². The quantitative estimate of drug-likeness (QED) is 0.504. The lowest BCUT2D eigenvalue weighted by Crippen LogP contribution is -2.17. The van der Waals surface area contributed by atoms with Crippen LogP contribution in [0, 0.1) is 0 Å². The minimum atomic E-state index is -0.414. The maximum Gasteiger partial charge on any atom is 0.330 e. The van der Waals surface area contributed by atoms with Crippen LogP contribution >= 0.6 is 0 Å². The predicted octanol–water partition coefficient (Wildman–Crippen LogP) is 1.31. The first-order valence-electron chi connectivity index (χ1n) is 4.54. The van der Waals surface area contributed by atoms with Gasteiger partial charge in [-0.2, -0.15) is 0 Å². The number of hydrogen-bond donors (Lipinski definition) is 0. The van der Waals surface area contributed by atoms with Crippen molar-refractivity contribution in [2.45, 2.75) is 25.8 Å². The molecule has 1 heterocycles. The second kappa shape index (κ2) is 4.26. The van der Waals surface area contributed by atoms with E-state index in [4.69, 9.17) is 9.47 Å². The predicted molar refractivity (Wildman–Crippen MR) is 53.2 cm³/mol. The fourth-order valence-electron chi connectivity index (χ4n) is 1.09. The van der Waals surface area contributed by atoms with Crippen molar-refractivity contribution in [3.05, 3.63) is 12.7 Å². The van der Waals surface area contributed by atoms with Crippen LogP contribution in [0.3, 0.4) is 0 Å². The first-order valence-corrected chi connectivity index (χ1v) is 4.54. The molecule has 0 unspecified atom stereocenters. The molecule has 0 aromatic carbocycles. The summed E-state index contributed by atoms with van der Waals surface area (Å²) in [6.45, 7) is 8.18. The van der Waals surface area contributed by atoms with E-state index < -0.39 is 5.97 Å². The third-order valence-corrected chi connectivity index (χ3v) is 1.75. The molecular weight excluding hydrogens is 182 g/mol. The van der Waals surface area contributed by atoms with Crippen molar-refractivity contribution < 1.29 is 14.3 Å². The molecule has 0 aliphatic carbocycles. The highest BCUT2D eigenvalue weighted by Crippen LogP contribution is 2.17. The molecule has 0 amide bonds. The third-order valence-electron chi connectivity index (χ3n) is 1.75. The van der Waals surface area contributed by atoms with Crippen molar-refractivity contribution in [1.29, 1.82) is 0 Å². The summed E-state index contributed by atoms with van der Waals surface area (Å²) in [5.41, 5.74) is -0.141. The molecule has 0 spiro atoms. The van der Waals surface area contributed by atoms with E-state index in [1.54, 1.807) is 0 Å². The van der Waals surface area contributed by atoms with E-state index in [0.717, 1.165) is 6.08 Å². The molecule has 4 nitrogen and oxygen atoms in total. The molecule has 0 atom stereocenters. The van der Waals surface area contributed by atoms with Gasteiger partial charge in [0.05, 0.1) is 12.0 Å². The Balaban J connectivity index is 2.26. The maximum atomic E-state index is 10.7. The Kier molecular flexibility index (Phi) is 3.28. The fraction of sp³-hybridized carbons (Fsp3) is 0.600. The van der Waals surface area contributed by atoms with Gasteiger partial charge in [0.25, 0.3) is 0 Å². The summed E-state index contributed by atoms with van der Waals surface area (Å²) in [6, 6.07) is 0. The Labute approximate surface area is 83.6 Å². The van der Waals surface area contributed by atoms with E-state index in [1.807, 2.05) is 13.8 Å². The standard InChI is InChI=1S/C10H15NO3/c1-4-9(12)13-6-5-8-11-10(2,3)7-14-8/h4H,1,5-7H2,2-3H3. The van der Waals surface area contributed by atoms with Crippen LogP contribution in [-0.2, 0) is 14.3 Å². The summed E-state index contributed by atoms with van der Waals surface area (Å²) in [4.78, 5) is 15.0. The van der Waals surface area contributed by atoms with E-state index >= 15 is 0 Å². The fourth-order valence-corrected chi connectivity index (χ4v) is 1.09. The average molecular weight is 197 g/mol. The Morgan fingerprint density at radius 3 is 3.00 bits per heavy atom. The Morgan fingerprint density at radius 1 is 1.79 bits per heavy atom. The van der Waals surface area contributed by atoms with E-state index in [2.05, 4.69) is 11.6 Å². The molecule has 0 radical (unpaired) electrons. The molecule has 0 N–H and O–H groups in total. The second-order valence-corrected chi connectivity index (χ2v) is 3.73. The lowest BCUT2D eigenvalue weighted by Gasteiger charge is -2.07. The average Bonchev–Trinajstić information content (AvgIpc) is 2.45. The van der Waals surface area contributed by atoms with Crippen molar-refractivity contribution in [2.75, 3.05) is 13.2 Å². The lowest BCUT2D eigenvalue weighted by atomic mass is 10.1. The summed E-state index contributed by atoms with van der Waals surface area (Å²) in [6.07, 6.45) is 1.67. The van der Waals surface area contributed by atoms with Crippen LogP contribution in [0.15, 0.2) is 17.6 Å². The molecule has 1 rings (SSSR count). The minimum absolute atomic E-state index is 0.141. The van der Waals surface area contributed by atoms with Gasteiger partial charge in [-0.1, -0.05) is 6.58 Å². The Hall–Kier alpha value is -1.32. The van der Waals surface area contributed by atoms with Gasteiger partial charge in [0.2, 0.25) is 0 Å². The first-order chi connectivity index (χ1) is 6.53. The van der Waals surface area contributed by atoms with Crippen molar-refractivity contribution >= 4 is 11.9 Å². The number of carbonyl (C=O) groups excluding carboxylic acids is 1. The van der Waals surface area contributed by atoms with Gasteiger partial charge in [-0.05, 0) is 13.8 Å². The molecule has 0 bridgehead atoms. The molecule has 14 heavy (non-hydrogen) atoms. The minimum Gasteiger partial charge on any atom is -0.478 e. The molecule has 1 aliphatic rings. The molecule has 0 saturated carbocycles. The van der Waals surface area contributed by atoms with E-state index in [0.29, 0.717) is 25.5 Å². The SMILES string of the molecule is C=CC(=O)OCCC1=NC(C)(C)CO1. The van der Waals surface area contributed by atoms with Gasteiger partial charge in [0.15, 0.2) is 5.90 Å². The van der Waals surface area contributed by atoms with Crippen LogP contribution < -0.4 is 0 Å². The molecular formula is C10H15NO3. The summed E-state index contributed by atoms with van der Waals surface area (Å²) in [5, 5.41) is 0. The number of ether oxygens (including phenoxy) is 2. The van der Waals surface area contributed by atoms with Crippen LogP contribution in [0.25, 0.3) is 0 Å². The van der Waals surface area contributed by atoms with E-state index in [9.17, 15) is 4.79 Å². The van der Waals surface area contributed by atoms with Gasteiger partial charge in [0, 0.05) is 6.08 Å². The molecule has 1 aliphatic heterocycles. The number of nitrogens with zero attached hydrogens (tertiary/aromatic N) is 1. The Morgan fingerprint density at radius 2 is 2.50 bits per heavy atom. The van der Waals surface area contributed by atoms with Gasteiger partial charge < -0.3 is 9.47 Å². The summed E-state index contributed by atoms with van der Waals surface area (Å²) in [7, 11) is 0. The third kappa shape index (κ3) is 3.20. The Bertz CT molecular complexity index is 269. The number of rotatable bonds is 4. The van der Waals surface area contributed by atoms with Crippen molar-refractivity contribution in [1.82, 2.24) is 0 Å². The maximum absolute atomic E-state index is 10.7. The van der Waals surface area contributed by atoms with Gasteiger partial charge in [0.1, 0.15) is 13.2 Å². The number of hydrogen-bond acceptors (Lipinski definition) is 4. The zero-order chi connectivity index (χ0) is 10.6. The highest BCUT2D eigenvalue weighted by atomic mass is 16.5. The smallest absolute Gasteiger partial charge is 0.330 e. The number of aliphatic imine (C=N–C) groups is 1. The zero-order valence-corrected chi connectivity index (χ0v) is 8.58. The molecule has 78 valence electrons. The zero-order valence-electron chi connectivity index (χ0n) is 8.58. The monoisotopic (exact) mass is 197 g/mol. The molecule has 0 aromatic rings. The van der Waals surface area contributed by atoms with E-state index in [-0.39, 0.29) is 5.54 Å². The highest BCUT2D eigenvalue weighted by molar-refractivity contribution is 5.82. The van der Waals surface area contributed by atoms with Crippen LogP contribution in [0.5, 0.6) is 0 Å². The van der Waals surface area contributed by atoms with Gasteiger partial charge in [-0.25, -0.2) is 9.79 Å². The highest BCUT2D eigenvalue weighted by Gasteiger charge is 2.25. The summed E-state index contributed by atoms with van der Waals surface area (Å²) < 4.78 is 10.1. The topological polar surface area (TPSA) is 47.9 Å².